The van der Waals surface area contributed by atoms with Gasteiger partial charge in [-0.05, 0) is 105 Å². The standard InChI is InChI=1S/C35H34F6N6O4/c36-34(37,38)20-1-4-27(42-15-20)44-23-2-3-26-25(14-23)32(5-7-51-8-6-32)17-47(26)31-43-16-24(28(45-31)35(39,40)41)29(48)46-33(30(49)50)21-10-18-9-19(12-21)13-22(33)11-18/h1-4,14-16,18-19,21-22H,5-13,17H2,(H,42,44)(H,46,48)(H,49,50). The van der Waals surface area contributed by atoms with Crippen LogP contribution in [0.1, 0.15) is 72.1 Å². The van der Waals surface area contributed by atoms with E-state index in [1.807, 2.05) is 0 Å². The number of carboxylic acids is 1. The molecule has 2 aromatic heterocycles. The molecule has 4 heterocycles. The van der Waals surface area contributed by atoms with Crippen LogP contribution >= 0.6 is 0 Å². The van der Waals surface area contributed by atoms with Crippen molar-refractivity contribution in [3.05, 3.63) is 65.1 Å². The van der Waals surface area contributed by atoms with Gasteiger partial charge in [-0.1, -0.05) is 0 Å². The van der Waals surface area contributed by atoms with Crippen LogP contribution in [0.15, 0.2) is 42.7 Å². The molecule has 51 heavy (non-hydrogen) atoms. The van der Waals surface area contributed by atoms with E-state index in [2.05, 4.69) is 25.6 Å². The summed E-state index contributed by atoms with van der Waals surface area (Å²) in [5, 5.41) is 16.0. The van der Waals surface area contributed by atoms with Crippen molar-refractivity contribution in [2.45, 2.75) is 68.3 Å². The third-order valence-electron chi connectivity index (χ3n) is 11.8. The van der Waals surface area contributed by atoms with Crippen molar-refractivity contribution in [1.82, 2.24) is 20.3 Å². The molecule has 2 aliphatic heterocycles. The predicted octanol–water partition coefficient (Wildman–Crippen LogP) is 6.86. The molecule has 16 heteroatoms. The molecule has 0 radical (unpaired) electrons. The van der Waals surface area contributed by atoms with Gasteiger partial charge in [0.1, 0.15) is 11.4 Å². The summed E-state index contributed by atoms with van der Waals surface area (Å²) in [5.74, 6) is -2.51. The summed E-state index contributed by atoms with van der Waals surface area (Å²) in [4.78, 5) is 40.1. The summed E-state index contributed by atoms with van der Waals surface area (Å²) in [6, 6.07) is 7.22. The number of amides is 1. The number of carbonyl (C=O) groups excluding carboxylic acids is 1. The van der Waals surface area contributed by atoms with E-state index >= 15 is 0 Å². The number of fused-ring (bicyclic) bond motifs is 2. The van der Waals surface area contributed by atoms with Gasteiger partial charge in [-0.2, -0.15) is 26.3 Å². The van der Waals surface area contributed by atoms with Crippen LogP contribution in [0.2, 0.25) is 0 Å². The summed E-state index contributed by atoms with van der Waals surface area (Å²) < 4.78 is 88.8. The van der Waals surface area contributed by atoms with Crippen LogP contribution in [0.5, 0.6) is 0 Å². The third-order valence-corrected chi connectivity index (χ3v) is 11.8. The normalized spacial score (nSPS) is 27.8. The molecule has 270 valence electrons. The molecule has 3 aromatic rings. The number of rotatable bonds is 6. The molecule has 1 spiro atoms. The number of hydrogen-bond donors (Lipinski definition) is 3. The molecule has 4 saturated carbocycles. The van der Waals surface area contributed by atoms with Crippen LogP contribution in [0.4, 0.5) is 49.5 Å². The van der Waals surface area contributed by atoms with Crippen LogP contribution in [-0.2, 0) is 27.3 Å². The van der Waals surface area contributed by atoms with E-state index in [1.54, 1.807) is 23.1 Å². The van der Waals surface area contributed by atoms with Crippen LogP contribution in [0.25, 0.3) is 0 Å². The highest BCUT2D eigenvalue weighted by molar-refractivity contribution is 5.99. The van der Waals surface area contributed by atoms with Gasteiger partial charge in [0, 0.05) is 48.9 Å². The first-order valence-corrected chi connectivity index (χ1v) is 17.0. The van der Waals surface area contributed by atoms with E-state index in [0.717, 1.165) is 30.4 Å². The van der Waals surface area contributed by atoms with Crippen molar-refractivity contribution >= 4 is 35.0 Å². The molecule has 1 aromatic carbocycles. The van der Waals surface area contributed by atoms with E-state index in [1.165, 1.54) is 6.07 Å². The predicted molar refractivity (Wildman–Crippen MR) is 170 cm³/mol. The maximum Gasteiger partial charge on any atom is 0.434 e. The Labute approximate surface area is 288 Å². The quantitative estimate of drug-likeness (QED) is 0.234. The molecule has 4 aliphatic carbocycles. The van der Waals surface area contributed by atoms with Gasteiger partial charge in [0.05, 0.1) is 11.1 Å². The lowest BCUT2D eigenvalue weighted by Gasteiger charge is -2.59. The number of ether oxygens (including phenoxy) is 1. The molecule has 5 fully saturated rings. The van der Waals surface area contributed by atoms with Gasteiger partial charge in [0.15, 0.2) is 5.69 Å². The average molecular weight is 717 g/mol. The van der Waals surface area contributed by atoms with Crippen LogP contribution in [-0.4, -0.2) is 57.2 Å². The van der Waals surface area contributed by atoms with Gasteiger partial charge in [-0.15, -0.1) is 0 Å². The van der Waals surface area contributed by atoms with Gasteiger partial charge < -0.3 is 25.4 Å². The first-order valence-electron chi connectivity index (χ1n) is 17.0. The number of aliphatic carboxylic acids is 1. The molecular weight excluding hydrogens is 682 g/mol. The summed E-state index contributed by atoms with van der Waals surface area (Å²) in [7, 11) is 0. The Bertz CT molecular complexity index is 1850. The van der Waals surface area contributed by atoms with Gasteiger partial charge in [0.25, 0.3) is 5.91 Å². The van der Waals surface area contributed by atoms with Crippen molar-refractivity contribution in [3.63, 3.8) is 0 Å². The van der Waals surface area contributed by atoms with Crippen LogP contribution < -0.4 is 15.5 Å². The van der Waals surface area contributed by atoms with Gasteiger partial charge in [-0.3, -0.25) is 4.79 Å². The SMILES string of the molecule is O=C(NC1(C(=O)O)C2CC3CC(C2)CC1C3)c1cnc(N2CC3(CCOCC3)c3cc(Nc4ccc(C(F)(F)F)cn4)ccc32)nc1C(F)(F)F. The van der Waals surface area contributed by atoms with Crippen molar-refractivity contribution in [3.8, 4) is 0 Å². The smallest absolute Gasteiger partial charge is 0.434 e. The second kappa shape index (κ2) is 11.8. The summed E-state index contributed by atoms with van der Waals surface area (Å²) in [6.07, 6.45) is -3.52. The first kappa shape index (κ1) is 33.7. The fourth-order valence-corrected chi connectivity index (χ4v) is 9.57. The Balaban J connectivity index is 1.11. The maximum absolute atomic E-state index is 14.7. The minimum atomic E-state index is -5.06. The lowest BCUT2D eigenvalue weighted by atomic mass is 9.48. The van der Waals surface area contributed by atoms with Crippen LogP contribution in [0, 0.1) is 23.7 Å². The van der Waals surface area contributed by atoms with Gasteiger partial charge >= 0.3 is 18.3 Å². The number of benzene rings is 1. The molecule has 10 nitrogen and oxygen atoms in total. The second-order valence-corrected chi connectivity index (χ2v) is 14.6. The number of nitrogens with one attached hydrogen (secondary N) is 2. The fraction of sp³-hybridized carbons (Fsp3) is 0.514. The number of carbonyl (C=O) groups is 2. The van der Waals surface area contributed by atoms with E-state index in [-0.39, 0.29) is 30.1 Å². The summed E-state index contributed by atoms with van der Waals surface area (Å²) >= 11 is 0. The number of aromatic nitrogens is 3. The minimum absolute atomic E-state index is 0.171. The first-order chi connectivity index (χ1) is 24.2. The number of hydrogen-bond acceptors (Lipinski definition) is 8. The minimum Gasteiger partial charge on any atom is -0.479 e. The zero-order chi connectivity index (χ0) is 35.9. The Hall–Kier alpha value is -4.47. The van der Waals surface area contributed by atoms with Crippen molar-refractivity contribution < 1.29 is 45.8 Å². The molecule has 1 amide bonds. The van der Waals surface area contributed by atoms with E-state index in [0.29, 0.717) is 74.9 Å². The number of pyridine rings is 1. The van der Waals surface area contributed by atoms with E-state index in [4.69, 9.17) is 4.74 Å². The molecule has 0 unspecified atom stereocenters. The zero-order valence-corrected chi connectivity index (χ0v) is 27.2. The van der Waals surface area contributed by atoms with Gasteiger partial charge in [-0.25, -0.2) is 19.7 Å². The molecule has 9 rings (SSSR count). The molecule has 6 aliphatic rings. The van der Waals surface area contributed by atoms with Gasteiger partial charge in [0.2, 0.25) is 5.95 Å². The van der Waals surface area contributed by atoms with Crippen molar-refractivity contribution in [1.29, 1.82) is 0 Å². The van der Waals surface area contributed by atoms with E-state index in [9.17, 15) is 41.0 Å². The lowest BCUT2D eigenvalue weighted by Crippen LogP contribution is -2.70. The topological polar surface area (TPSA) is 130 Å². The Morgan fingerprint density at radius 3 is 2.16 bits per heavy atom. The number of alkyl halides is 6. The third kappa shape index (κ3) is 5.65. The molecular formula is C35H34F6N6O4. The fourth-order valence-electron chi connectivity index (χ4n) is 9.57. The Morgan fingerprint density at radius 2 is 1.57 bits per heavy atom. The largest absolute Gasteiger partial charge is 0.479 e. The average Bonchev–Trinajstić information content (AvgIpc) is 3.37. The molecule has 4 bridgehead atoms. The number of nitrogens with zero attached hydrogens (tertiary/aromatic N) is 4. The highest BCUT2D eigenvalue weighted by Gasteiger charge is 2.62. The molecule has 1 saturated heterocycles. The number of carboxylic acid groups (broad SMARTS) is 1. The highest BCUT2D eigenvalue weighted by atomic mass is 19.4. The summed E-state index contributed by atoms with van der Waals surface area (Å²) in [5.41, 5.74) is -3.61. The van der Waals surface area contributed by atoms with E-state index < -0.39 is 52.0 Å². The molecule has 3 N–H and O–H groups in total. The maximum atomic E-state index is 14.7. The Kier molecular flexibility index (Phi) is 7.78. The lowest BCUT2D eigenvalue weighted by molar-refractivity contribution is -0.163. The second-order valence-electron chi connectivity index (χ2n) is 14.6. The Morgan fingerprint density at radius 1 is 0.882 bits per heavy atom. The van der Waals surface area contributed by atoms with Crippen molar-refractivity contribution in [2.24, 2.45) is 23.7 Å². The number of halogens is 6. The van der Waals surface area contributed by atoms with Crippen LogP contribution in [0.3, 0.4) is 0 Å². The highest BCUT2D eigenvalue weighted by Crippen LogP contribution is 2.58. The summed E-state index contributed by atoms with van der Waals surface area (Å²) in [6.45, 7) is 1.01. The van der Waals surface area contributed by atoms with Crippen molar-refractivity contribution in [2.75, 3.05) is 30.0 Å². The zero-order valence-electron chi connectivity index (χ0n) is 27.2. The molecule has 0 atom stereocenters. The number of anilines is 4. The monoisotopic (exact) mass is 716 g/mol.